The fourth-order valence-electron chi connectivity index (χ4n) is 9.44. The third-order valence-electron chi connectivity index (χ3n) is 12.6. The number of likely N-dealkylation sites (tertiary alicyclic amines) is 2. The molecule has 15 nitrogen and oxygen atoms in total. The number of benzene rings is 3. The van der Waals surface area contributed by atoms with Crippen LogP contribution in [0, 0.1) is 5.92 Å². The van der Waals surface area contributed by atoms with Gasteiger partial charge >= 0.3 is 6.09 Å². The molecule has 3 amide bonds. The number of ether oxygens (including phenoxy) is 3. The number of nitrogens with zero attached hydrogens (tertiary/aromatic N) is 4. The molecule has 5 heterocycles. The number of fused-ring (bicyclic) bond motifs is 6. The van der Waals surface area contributed by atoms with Gasteiger partial charge in [0.05, 0.1) is 42.8 Å². The third-order valence-corrected chi connectivity index (χ3v) is 12.6. The predicted octanol–water partition coefficient (Wildman–Crippen LogP) is 6.09. The number of rotatable bonds is 11. The summed E-state index contributed by atoms with van der Waals surface area (Å²) < 4.78 is 16.3. The molecular weight excluding hydrogens is 777 g/mol. The fraction of sp³-hybridized carbons (Fsp3) is 0.413. The van der Waals surface area contributed by atoms with Gasteiger partial charge in [-0.15, -0.1) is 0 Å². The summed E-state index contributed by atoms with van der Waals surface area (Å²) in [5.74, 6) is 1.95. The van der Waals surface area contributed by atoms with Gasteiger partial charge in [-0.2, -0.15) is 0 Å². The molecule has 9 rings (SSSR count). The van der Waals surface area contributed by atoms with E-state index in [1.54, 1.807) is 4.90 Å². The van der Waals surface area contributed by atoms with E-state index in [2.05, 4.69) is 50.9 Å². The molecule has 318 valence electrons. The number of aliphatic hydroxyl groups excluding tert-OH is 1. The molecule has 61 heavy (non-hydrogen) atoms. The van der Waals surface area contributed by atoms with Crippen LogP contribution in [0.25, 0.3) is 33.6 Å². The largest absolute Gasteiger partial charge is 0.488 e. The van der Waals surface area contributed by atoms with Crippen molar-refractivity contribution < 1.29 is 33.7 Å². The van der Waals surface area contributed by atoms with E-state index in [9.17, 15) is 19.5 Å². The second kappa shape index (κ2) is 16.8. The van der Waals surface area contributed by atoms with Gasteiger partial charge < -0.3 is 44.4 Å². The maximum Gasteiger partial charge on any atom is 0.407 e. The van der Waals surface area contributed by atoms with E-state index in [1.807, 2.05) is 55.3 Å². The van der Waals surface area contributed by atoms with Gasteiger partial charge in [-0.05, 0) is 90.5 Å². The highest BCUT2D eigenvalue weighted by Gasteiger charge is 2.39. The Kier molecular flexibility index (Phi) is 11.1. The van der Waals surface area contributed by atoms with E-state index in [4.69, 9.17) is 24.2 Å². The monoisotopic (exact) mass is 828 g/mol. The number of hydrogen-bond donors (Lipinski definition) is 5. The number of hydrogen-bond acceptors (Lipinski definition) is 10. The summed E-state index contributed by atoms with van der Waals surface area (Å²) in [5.41, 5.74) is 9.93. The summed E-state index contributed by atoms with van der Waals surface area (Å²) in [5, 5.41) is 15.8. The summed E-state index contributed by atoms with van der Waals surface area (Å²) in [6, 6.07) is 18.0. The van der Waals surface area contributed by atoms with Crippen LogP contribution in [0.4, 0.5) is 4.79 Å². The molecule has 0 bridgehead atoms. The van der Waals surface area contributed by atoms with E-state index < -0.39 is 24.6 Å². The van der Waals surface area contributed by atoms with Crippen LogP contribution in [0.1, 0.15) is 91.7 Å². The number of aliphatic hydroxyl groups is 1. The first kappa shape index (κ1) is 40.4. The number of aromatic amines is 2. The average Bonchev–Trinajstić information content (AvgIpc) is 4.13. The lowest BCUT2D eigenvalue weighted by Gasteiger charge is -2.31. The molecule has 0 radical (unpaired) electrons. The Balaban J connectivity index is 0.933. The zero-order chi connectivity index (χ0) is 42.4. The van der Waals surface area contributed by atoms with Crippen LogP contribution in [0.2, 0.25) is 0 Å². The smallest absolute Gasteiger partial charge is 0.407 e. The number of imidazole rings is 2. The fourth-order valence-corrected chi connectivity index (χ4v) is 9.44. The van der Waals surface area contributed by atoms with Gasteiger partial charge in [0.2, 0.25) is 12.3 Å². The summed E-state index contributed by atoms with van der Waals surface area (Å²) >= 11 is 0. The van der Waals surface area contributed by atoms with Gasteiger partial charge in [-0.3, -0.25) is 14.9 Å². The van der Waals surface area contributed by atoms with Gasteiger partial charge in [-0.1, -0.05) is 56.3 Å². The van der Waals surface area contributed by atoms with Crippen molar-refractivity contribution in [3.8, 4) is 39.4 Å². The van der Waals surface area contributed by atoms with Gasteiger partial charge in [0.15, 0.2) is 0 Å². The predicted molar refractivity (Wildman–Crippen MR) is 226 cm³/mol. The molecule has 0 saturated carbocycles. The molecule has 2 saturated heterocycles. The van der Waals surface area contributed by atoms with E-state index in [0.29, 0.717) is 31.1 Å². The Bertz CT molecular complexity index is 2450. The summed E-state index contributed by atoms with van der Waals surface area (Å²) in [7, 11) is 2.68. The normalized spacial score (nSPS) is 19.3. The van der Waals surface area contributed by atoms with Crippen molar-refractivity contribution in [1.29, 1.82) is 0 Å². The number of aromatic nitrogens is 4. The topological polar surface area (TPSA) is 187 Å². The number of nitrogens with one attached hydrogen (secondary N) is 4. The highest BCUT2D eigenvalue weighted by Crippen LogP contribution is 2.46. The Morgan fingerprint density at radius 2 is 1.62 bits per heavy atom. The van der Waals surface area contributed by atoms with Crippen molar-refractivity contribution in [2.24, 2.45) is 5.92 Å². The molecule has 15 heteroatoms. The molecule has 1 unspecified atom stereocenters. The first-order valence-electron chi connectivity index (χ1n) is 21.2. The van der Waals surface area contributed by atoms with Crippen molar-refractivity contribution in [2.75, 3.05) is 27.3 Å². The van der Waals surface area contributed by atoms with Crippen molar-refractivity contribution in [3.05, 3.63) is 101 Å². The minimum atomic E-state index is -1.23. The summed E-state index contributed by atoms with van der Waals surface area (Å²) in [6.45, 7) is 5.47. The maximum absolute atomic E-state index is 14.0. The van der Waals surface area contributed by atoms with E-state index in [0.717, 1.165) is 95.0 Å². The highest BCUT2D eigenvalue weighted by molar-refractivity contribution is 5.88. The molecule has 2 fully saturated rings. The SMILES string of the molecule is COC(=O)N[C@@H](C(=O)N1CCC[C@H]1c1ncc(-c2ccc3c(c2)COc2cc4c(cc2-3)CCc2[nH]c([C@@H]3CCCN3C(=O)[C@@H](NC(O)OC)C(C)C)nc2-4)[nH]1)c1ccccc1. The number of alkyl carbamates (subject to hydrolysis) is 1. The van der Waals surface area contributed by atoms with Gasteiger partial charge in [-0.25, -0.2) is 14.8 Å². The molecule has 3 aromatic carbocycles. The maximum atomic E-state index is 14.0. The van der Waals surface area contributed by atoms with Crippen LogP contribution in [0.5, 0.6) is 5.75 Å². The number of aryl methyl sites for hydroxylation is 2. The van der Waals surface area contributed by atoms with Gasteiger partial charge in [0.1, 0.15) is 30.0 Å². The molecule has 5 N–H and O–H groups in total. The van der Waals surface area contributed by atoms with Crippen LogP contribution in [0.15, 0.2) is 66.9 Å². The minimum Gasteiger partial charge on any atom is -0.488 e. The Morgan fingerprint density at radius 1 is 0.869 bits per heavy atom. The molecular formula is C46H52N8O7. The molecule has 0 spiro atoms. The molecule has 4 aliphatic rings. The molecule has 5 aromatic rings. The zero-order valence-electron chi connectivity index (χ0n) is 34.9. The number of carbonyl (C=O) groups excluding carboxylic acids is 3. The highest BCUT2D eigenvalue weighted by atomic mass is 16.6. The first-order valence-corrected chi connectivity index (χ1v) is 21.2. The van der Waals surface area contributed by atoms with Crippen LogP contribution in [-0.2, 0) is 38.5 Å². The van der Waals surface area contributed by atoms with Crippen LogP contribution < -0.4 is 15.4 Å². The van der Waals surface area contributed by atoms with Crippen molar-refractivity contribution >= 4 is 17.9 Å². The van der Waals surface area contributed by atoms with Crippen LogP contribution >= 0.6 is 0 Å². The number of methoxy groups -OCH3 is 2. The molecule has 5 atom stereocenters. The lowest BCUT2D eigenvalue weighted by atomic mass is 9.86. The molecule has 3 aliphatic heterocycles. The number of carbonyl (C=O) groups is 3. The first-order chi connectivity index (χ1) is 29.6. The average molecular weight is 829 g/mol. The van der Waals surface area contributed by atoms with Crippen molar-refractivity contribution in [1.82, 2.24) is 40.4 Å². The summed E-state index contributed by atoms with van der Waals surface area (Å²) in [4.78, 5) is 60.8. The Labute approximate surface area is 354 Å². The molecule has 2 aromatic heterocycles. The van der Waals surface area contributed by atoms with E-state index in [1.165, 1.54) is 19.8 Å². The lowest BCUT2D eigenvalue weighted by molar-refractivity contribution is -0.145. The van der Waals surface area contributed by atoms with E-state index in [-0.39, 0.29) is 29.8 Å². The number of H-pyrrole nitrogens is 2. The standard InChI is InChI=1S/C46H52N8O7/c1-25(2)38(51-45(57)59-3)43(55)54-19-9-13-36(54)42-48-33-17-15-27-21-32-30-16-14-28(20-29(30)24-61-37(32)22-31(27)40(33)50-42)34-23-47-41(49-34)35-12-8-18-53(35)44(56)39(52-46(58)60-4)26-10-6-5-7-11-26/h5-7,10-11,14,16,20-23,25,35-36,38-39,45,51,57H,8-9,12-13,15,17-19,24H2,1-4H3,(H,47,49)(H,48,50)(H,52,58)/t35-,36-,38-,39+,45?/m0/s1. The zero-order valence-corrected chi connectivity index (χ0v) is 34.9. The van der Waals surface area contributed by atoms with E-state index >= 15 is 0 Å². The summed E-state index contributed by atoms with van der Waals surface area (Å²) in [6.07, 6.45) is 4.79. The minimum absolute atomic E-state index is 0.0535. The second-order valence-corrected chi connectivity index (χ2v) is 16.6. The van der Waals surface area contributed by atoms with Crippen molar-refractivity contribution in [3.63, 3.8) is 0 Å². The van der Waals surface area contributed by atoms with Crippen molar-refractivity contribution in [2.45, 2.75) is 89.6 Å². The van der Waals surface area contributed by atoms with Crippen LogP contribution in [0.3, 0.4) is 0 Å². The van der Waals surface area contributed by atoms with Gasteiger partial charge in [0, 0.05) is 37.0 Å². The molecule has 1 aliphatic carbocycles. The third kappa shape index (κ3) is 7.66. The second-order valence-electron chi connectivity index (χ2n) is 16.6. The number of amides is 3. The Morgan fingerprint density at radius 3 is 2.36 bits per heavy atom. The van der Waals surface area contributed by atoms with Crippen LogP contribution in [-0.4, -0.2) is 92.5 Å². The quantitative estimate of drug-likeness (QED) is 0.0977. The lowest BCUT2D eigenvalue weighted by Crippen LogP contribution is -2.52. The van der Waals surface area contributed by atoms with Gasteiger partial charge in [0.25, 0.3) is 5.91 Å². The Hall–Kier alpha value is -6.03.